The number of nitrogen functional groups attached to an aromatic ring is 1. The van der Waals surface area contributed by atoms with Crippen molar-refractivity contribution in [3.8, 4) is 17.2 Å². The molecule has 9 atom stereocenters. The smallest absolute Gasteiger partial charge is 0.334 e. The molecule has 4 aromatic carbocycles. The molecule has 3 saturated heterocycles. The molecule has 98 heavy (non-hydrogen) atoms. The quantitative estimate of drug-likeness (QED) is 0.00984. The molecule has 3 aliphatic heterocycles. The molecule has 554 valence electrons. The Morgan fingerprint density at radius 3 is 1.19 bits per heavy atom. The zero-order chi connectivity index (χ0) is 72.1. The monoisotopic (exact) mass is 1460 g/mol. The van der Waals surface area contributed by atoms with Gasteiger partial charge in [-0.25, -0.2) is 31.5 Å². The molecule has 27 nitrogen and oxygen atoms in total. The van der Waals surface area contributed by atoms with Crippen LogP contribution >= 0.6 is 0 Å². The summed E-state index contributed by atoms with van der Waals surface area (Å²) in [5.41, 5.74) is 2.99. The number of carbonyl (C=O) groups excluding carboxylic acids is 2. The number of ether oxygens (including phenoxy) is 11. The van der Waals surface area contributed by atoms with Crippen molar-refractivity contribution in [3.05, 3.63) is 131 Å². The predicted molar refractivity (Wildman–Crippen MR) is 329 cm³/mol. The number of nitro groups is 3. The van der Waals surface area contributed by atoms with Gasteiger partial charge >= 0.3 is 29.0 Å². The molecule has 3 heterocycles. The Kier molecular flexibility index (Phi) is 49.5. The maximum atomic E-state index is 13.7. The molecule has 3 unspecified atom stereocenters. The predicted octanol–water partition coefficient (Wildman–Crippen LogP) is 10.2. The first kappa shape index (κ1) is 95.0. The van der Waals surface area contributed by atoms with Crippen molar-refractivity contribution in [2.24, 2.45) is 0 Å². The Morgan fingerprint density at radius 1 is 0.520 bits per heavy atom. The van der Waals surface area contributed by atoms with Crippen LogP contribution in [-0.4, -0.2) is 172 Å². The van der Waals surface area contributed by atoms with E-state index in [2.05, 4.69) is 14.2 Å². The number of halogens is 9. The van der Waals surface area contributed by atoms with E-state index < -0.39 is 132 Å². The molecule has 4 aromatic rings. The molecule has 3 aliphatic rings. The normalized spacial score (nSPS) is 16.9. The number of benzene rings is 4. The van der Waals surface area contributed by atoms with Crippen LogP contribution in [0.2, 0.25) is 0 Å². The average molecular weight is 1460 g/mol. The molecule has 0 bridgehead atoms. The SMILES string of the molecule is C.COC(=O)[C@@H](C)O.COC(=O)[C@@H](C)OC1CCCCO1.C[C@@H](O)COc1c(N)ccc(F)c1F.C[C@@H](O)COc1c([N+](=O)[O-])ccc(F)c1F.C[C@H](CO)OC1CCCCO1.C[C@H](COc1c([N+](=O)[O-])ccc(F)c1F)OC1CCCCO1.O=[N+]([O-])c1ccc(F)c(F)c1F.[2HH].[B].[V]. The summed E-state index contributed by atoms with van der Waals surface area (Å²) in [4.78, 5) is 49.5. The third-order valence-electron chi connectivity index (χ3n) is 12.0. The number of aliphatic hydroxyl groups excluding tert-OH is 4. The van der Waals surface area contributed by atoms with E-state index in [0.29, 0.717) is 30.9 Å². The van der Waals surface area contributed by atoms with E-state index in [-0.39, 0.29) is 105 Å². The molecule has 0 amide bonds. The first-order chi connectivity index (χ1) is 44.7. The number of nitro benzene ring substituents is 3. The minimum absolute atomic E-state index is 0. The fourth-order valence-corrected chi connectivity index (χ4v) is 7.24. The summed E-state index contributed by atoms with van der Waals surface area (Å²) in [6.45, 7) is 10.9. The Morgan fingerprint density at radius 2 is 0.857 bits per heavy atom. The molecular weight excluding hydrogens is 1380 g/mol. The van der Waals surface area contributed by atoms with Crippen LogP contribution in [0, 0.1) is 82.7 Å². The minimum atomic E-state index is -1.83. The zero-order valence-electron chi connectivity index (χ0n) is 54.0. The van der Waals surface area contributed by atoms with E-state index in [1.165, 1.54) is 47.5 Å². The molecule has 6 N–H and O–H groups in total. The number of carbonyl (C=O) groups is 2. The van der Waals surface area contributed by atoms with Crippen molar-refractivity contribution in [1.29, 1.82) is 0 Å². The maximum absolute atomic E-state index is 13.7. The zero-order valence-corrected chi connectivity index (χ0v) is 55.4. The van der Waals surface area contributed by atoms with Gasteiger partial charge in [-0.2, -0.15) is 17.6 Å². The standard InChI is InChI=1S/C14H17F2NO5.C9H9F2NO4.C9H11F2NO2.C9H16O4.C8H16O3.C6H2F3NO2.C4H8O3.CH4.B.V.H2/c1-9(22-12-4-2-3-7-20-12)8-21-14-11(17(18)19)6-5-10(15)13(14)16;1-5(13)4-16-9-7(12(14)15)3-2-6(10)8(9)11;1-5(13)4-14-9-7(12)3-2-6(10)8(9)11;1-7(9(10)11-2)13-8-5-3-4-6-12-8;1-7(6-9)11-8-4-2-3-5-10-8;7-3-1-2-4(10(11)12)6(9)5(3)8;1-3(5)4(6)7-2;;;;/h5-6,9,12H,2-4,7-8H2,1H3;2-3,5,13H,4H2,1H3;2-3,5,13H,4,12H2,1H3;7-8H,3-6H2,1-2H3;7-9H,2-6H2,1H3;1-2H;3,5H,1-2H3;1H4;;;1H/t9-,12?;2*5-;2*7-,8?;;3-;;;;/m11111.1..../s1/i;;;;;;;;;;1+1. The van der Waals surface area contributed by atoms with Gasteiger partial charge in [0.1, 0.15) is 25.9 Å². The van der Waals surface area contributed by atoms with Crippen molar-refractivity contribution in [1.82, 2.24) is 0 Å². The average Bonchev–Trinajstić information content (AvgIpc) is 0.854. The van der Waals surface area contributed by atoms with E-state index in [0.717, 1.165) is 82.8 Å². The summed E-state index contributed by atoms with van der Waals surface area (Å²) in [6, 6.07) is 6.18. The first-order valence-electron chi connectivity index (χ1n) is 29.0. The number of esters is 2. The van der Waals surface area contributed by atoms with Crippen LogP contribution in [0.1, 0.15) is 108 Å². The van der Waals surface area contributed by atoms with Crippen LogP contribution < -0.4 is 19.9 Å². The molecule has 0 aromatic heterocycles. The topological polar surface area (TPSA) is 372 Å². The number of nitrogens with zero attached hydrogens (tertiary/aromatic N) is 3. The van der Waals surface area contributed by atoms with Gasteiger partial charge in [0, 0.05) is 66.4 Å². The summed E-state index contributed by atoms with van der Waals surface area (Å²) in [5, 5.41) is 66.1. The van der Waals surface area contributed by atoms with Crippen LogP contribution in [-0.2, 0) is 66.0 Å². The van der Waals surface area contributed by atoms with Gasteiger partial charge in [0.25, 0.3) is 0 Å². The molecule has 7 rings (SSSR count). The second-order valence-corrected chi connectivity index (χ2v) is 20.3. The third-order valence-corrected chi connectivity index (χ3v) is 12.0. The number of methoxy groups -OCH3 is 2. The summed E-state index contributed by atoms with van der Waals surface area (Å²) < 4.78 is 171. The van der Waals surface area contributed by atoms with E-state index in [9.17, 15) is 79.4 Å². The second kappa shape index (κ2) is 51.1. The van der Waals surface area contributed by atoms with Gasteiger partial charge in [-0.15, -0.1) is 0 Å². The number of hydrogen-bond acceptors (Lipinski definition) is 24. The van der Waals surface area contributed by atoms with E-state index >= 15 is 0 Å². The molecule has 0 saturated carbocycles. The van der Waals surface area contributed by atoms with E-state index in [1.54, 1.807) is 13.8 Å². The van der Waals surface area contributed by atoms with Crippen LogP contribution in [0.4, 0.5) is 62.3 Å². The maximum Gasteiger partial charge on any atom is 0.334 e. The number of anilines is 1. The van der Waals surface area contributed by atoms with Crippen molar-refractivity contribution < 1.29 is 156 Å². The fraction of sp³-hybridized carbons (Fsp3) is 0.567. The van der Waals surface area contributed by atoms with Crippen molar-refractivity contribution in [2.45, 2.75) is 162 Å². The Balaban J connectivity index is -0.000000539. The van der Waals surface area contributed by atoms with Crippen LogP contribution in [0.5, 0.6) is 17.2 Å². The molecule has 0 aliphatic carbocycles. The van der Waals surface area contributed by atoms with Gasteiger partial charge in [0.2, 0.25) is 40.6 Å². The fourth-order valence-electron chi connectivity index (χ4n) is 7.24. The second-order valence-electron chi connectivity index (χ2n) is 20.3. The van der Waals surface area contributed by atoms with E-state index in [4.69, 9.17) is 64.1 Å². The molecule has 3 fully saturated rings. The van der Waals surface area contributed by atoms with Crippen LogP contribution in [0.3, 0.4) is 0 Å². The van der Waals surface area contributed by atoms with Gasteiger partial charge in [-0.1, -0.05) is 7.43 Å². The first-order valence-corrected chi connectivity index (χ1v) is 29.0. The number of nitrogens with two attached hydrogens (primary N) is 1. The summed E-state index contributed by atoms with van der Waals surface area (Å²) in [7, 11) is 2.58. The van der Waals surface area contributed by atoms with Gasteiger partial charge in [-0.05, 0) is 130 Å². The molecule has 38 heteroatoms. The van der Waals surface area contributed by atoms with E-state index in [1.807, 2.05) is 6.92 Å². The Labute approximate surface area is 574 Å². The largest absolute Gasteiger partial charge is 0.486 e. The summed E-state index contributed by atoms with van der Waals surface area (Å²) in [5.74, 6) is -15.3. The van der Waals surface area contributed by atoms with Crippen molar-refractivity contribution in [3.63, 3.8) is 0 Å². The minimum Gasteiger partial charge on any atom is -0.486 e. The van der Waals surface area contributed by atoms with Gasteiger partial charge in [0.15, 0.2) is 54.0 Å². The van der Waals surface area contributed by atoms with Gasteiger partial charge in [-0.3, -0.25) is 30.3 Å². The van der Waals surface area contributed by atoms with Gasteiger partial charge < -0.3 is 78.3 Å². The van der Waals surface area contributed by atoms with Crippen molar-refractivity contribution >= 4 is 43.1 Å². The number of rotatable bonds is 21. The summed E-state index contributed by atoms with van der Waals surface area (Å²) in [6.07, 6.45) is 4.52. The Hall–Kier alpha value is -7.16. The third kappa shape index (κ3) is 36.1. The molecular formula is C60H85BF9N4O23V. The molecule has 0 spiro atoms. The van der Waals surface area contributed by atoms with Gasteiger partial charge in [0.05, 0.1) is 65.7 Å². The molecule has 4 radical (unpaired) electrons. The number of aliphatic hydroxyl groups is 4. The van der Waals surface area contributed by atoms with Crippen LogP contribution in [0.25, 0.3) is 0 Å². The number of hydrogen-bond donors (Lipinski definition) is 5. The Bertz CT molecular complexity index is 3010. The van der Waals surface area contributed by atoms with Crippen LogP contribution in [0.15, 0.2) is 48.5 Å². The van der Waals surface area contributed by atoms with Crippen molar-refractivity contribution in [2.75, 3.05) is 66.2 Å². The summed E-state index contributed by atoms with van der Waals surface area (Å²) >= 11 is 0.